The molecule has 11 heteroatoms. The number of carbonyl (C=O) groups is 5. The Labute approximate surface area is 197 Å². The van der Waals surface area contributed by atoms with Gasteiger partial charge in [0.15, 0.2) is 0 Å². The van der Waals surface area contributed by atoms with Crippen LogP contribution < -0.4 is 16.4 Å². The van der Waals surface area contributed by atoms with Crippen molar-refractivity contribution in [2.24, 2.45) is 11.7 Å². The maximum Gasteiger partial charge on any atom is 0.326 e. The Hall–Kier alpha value is -3.47. The first-order valence-corrected chi connectivity index (χ1v) is 11.2. The van der Waals surface area contributed by atoms with Gasteiger partial charge in [-0.15, -0.1) is 0 Å². The van der Waals surface area contributed by atoms with Crippen molar-refractivity contribution >= 4 is 29.7 Å². The minimum atomic E-state index is -1.40. The van der Waals surface area contributed by atoms with Gasteiger partial charge in [-0.3, -0.25) is 19.2 Å². The van der Waals surface area contributed by atoms with E-state index in [2.05, 4.69) is 10.6 Å². The molecule has 1 heterocycles. The maximum atomic E-state index is 13.1. The van der Waals surface area contributed by atoms with Crippen LogP contribution in [0.3, 0.4) is 0 Å². The SMILES string of the molecule is CC(C)C(N)C(=O)NC(CC(=O)O)C(=O)N1CCCC1C(=O)NC(Cc1ccccc1)C(=O)O. The van der Waals surface area contributed by atoms with Crippen LogP contribution in [-0.2, 0) is 30.4 Å². The third-order valence-corrected chi connectivity index (χ3v) is 5.75. The van der Waals surface area contributed by atoms with Crippen molar-refractivity contribution in [3.63, 3.8) is 0 Å². The molecule has 1 aliphatic rings. The van der Waals surface area contributed by atoms with Crippen LogP contribution in [0.5, 0.6) is 0 Å². The molecule has 3 amide bonds. The number of amides is 3. The third kappa shape index (κ3) is 7.27. The lowest BCUT2D eigenvalue weighted by molar-refractivity contribution is -0.147. The molecular formula is C23H32N4O7. The van der Waals surface area contributed by atoms with Crippen molar-refractivity contribution in [2.45, 2.75) is 63.7 Å². The van der Waals surface area contributed by atoms with Gasteiger partial charge >= 0.3 is 11.9 Å². The van der Waals surface area contributed by atoms with Crippen molar-refractivity contribution in [2.75, 3.05) is 6.54 Å². The highest BCUT2D eigenvalue weighted by atomic mass is 16.4. The number of carbonyl (C=O) groups excluding carboxylic acids is 3. The van der Waals surface area contributed by atoms with E-state index in [9.17, 15) is 34.2 Å². The van der Waals surface area contributed by atoms with E-state index in [0.717, 1.165) is 5.56 Å². The van der Waals surface area contributed by atoms with E-state index < -0.39 is 60.2 Å². The van der Waals surface area contributed by atoms with Crippen LogP contribution in [-0.4, -0.2) is 75.5 Å². The van der Waals surface area contributed by atoms with E-state index in [1.54, 1.807) is 44.2 Å². The molecule has 4 unspecified atom stereocenters. The second-order valence-corrected chi connectivity index (χ2v) is 8.71. The zero-order valence-electron chi connectivity index (χ0n) is 19.3. The lowest BCUT2D eigenvalue weighted by atomic mass is 10.0. The van der Waals surface area contributed by atoms with Crippen LogP contribution in [0.1, 0.15) is 38.7 Å². The molecule has 186 valence electrons. The fourth-order valence-corrected chi connectivity index (χ4v) is 3.77. The van der Waals surface area contributed by atoms with E-state index in [4.69, 9.17) is 5.73 Å². The topological polar surface area (TPSA) is 179 Å². The van der Waals surface area contributed by atoms with Gasteiger partial charge in [0.05, 0.1) is 12.5 Å². The Morgan fingerprint density at radius 1 is 1.06 bits per heavy atom. The number of hydrogen-bond acceptors (Lipinski definition) is 6. The van der Waals surface area contributed by atoms with Crippen molar-refractivity contribution in [3.05, 3.63) is 35.9 Å². The number of carboxylic acid groups (broad SMARTS) is 2. The summed E-state index contributed by atoms with van der Waals surface area (Å²) < 4.78 is 0. The third-order valence-electron chi connectivity index (χ3n) is 5.75. The van der Waals surface area contributed by atoms with Crippen LogP contribution in [0.15, 0.2) is 30.3 Å². The smallest absolute Gasteiger partial charge is 0.326 e. The molecule has 1 saturated heterocycles. The first-order chi connectivity index (χ1) is 16.0. The predicted octanol–water partition coefficient (Wildman–Crippen LogP) is -0.268. The average Bonchev–Trinajstić information content (AvgIpc) is 3.27. The highest BCUT2D eigenvalue weighted by Crippen LogP contribution is 2.20. The van der Waals surface area contributed by atoms with Crippen molar-refractivity contribution in [1.29, 1.82) is 0 Å². The molecule has 0 aromatic heterocycles. The van der Waals surface area contributed by atoms with E-state index in [1.165, 1.54) is 4.90 Å². The minimum Gasteiger partial charge on any atom is -0.481 e. The molecule has 0 bridgehead atoms. The first kappa shape index (κ1) is 26.8. The summed E-state index contributed by atoms with van der Waals surface area (Å²) in [6.07, 6.45) is 0.146. The molecule has 2 rings (SSSR count). The zero-order chi connectivity index (χ0) is 25.4. The standard InChI is InChI=1S/C23H32N4O7/c1-13(2)19(24)21(31)25-15(12-18(28)29)22(32)27-10-6-9-17(27)20(30)26-16(23(33)34)11-14-7-4-3-5-8-14/h3-5,7-8,13,15-17,19H,6,9-12,24H2,1-2H3,(H,25,31)(H,26,30)(H,28,29)(H,33,34). The highest BCUT2D eigenvalue weighted by molar-refractivity contribution is 5.96. The second kappa shape index (κ2) is 12.1. The van der Waals surface area contributed by atoms with Crippen molar-refractivity contribution < 1.29 is 34.2 Å². The normalized spacial score (nSPS) is 18.1. The molecule has 0 radical (unpaired) electrons. The van der Waals surface area contributed by atoms with Gasteiger partial charge in [-0.2, -0.15) is 0 Å². The molecule has 34 heavy (non-hydrogen) atoms. The molecule has 1 fully saturated rings. The Balaban J connectivity index is 2.14. The Kier molecular flexibility index (Phi) is 9.55. The number of hydrogen-bond donors (Lipinski definition) is 5. The average molecular weight is 477 g/mol. The molecule has 1 aromatic carbocycles. The number of benzene rings is 1. The Morgan fingerprint density at radius 3 is 2.26 bits per heavy atom. The number of nitrogens with one attached hydrogen (secondary N) is 2. The van der Waals surface area contributed by atoms with Crippen LogP contribution in [0.2, 0.25) is 0 Å². The fourth-order valence-electron chi connectivity index (χ4n) is 3.77. The van der Waals surface area contributed by atoms with Gasteiger partial charge in [0.25, 0.3) is 0 Å². The molecule has 6 N–H and O–H groups in total. The zero-order valence-corrected chi connectivity index (χ0v) is 19.3. The number of nitrogens with two attached hydrogens (primary N) is 1. The number of rotatable bonds is 11. The van der Waals surface area contributed by atoms with E-state index in [1.807, 2.05) is 0 Å². The lowest BCUT2D eigenvalue weighted by Gasteiger charge is -2.29. The number of aliphatic carboxylic acids is 2. The van der Waals surface area contributed by atoms with Gasteiger partial charge in [-0.1, -0.05) is 44.2 Å². The predicted molar refractivity (Wildman–Crippen MR) is 121 cm³/mol. The summed E-state index contributed by atoms with van der Waals surface area (Å²) in [4.78, 5) is 62.7. The van der Waals surface area contributed by atoms with Crippen LogP contribution in [0.25, 0.3) is 0 Å². The summed E-state index contributed by atoms with van der Waals surface area (Å²) in [5, 5.41) is 23.7. The number of nitrogens with zero attached hydrogens (tertiary/aromatic N) is 1. The molecule has 4 atom stereocenters. The van der Waals surface area contributed by atoms with Gasteiger partial charge in [-0.25, -0.2) is 4.79 Å². The molecule has 1 aromatic rings. The van der Waals surface area contributed by atoms with Gasteiger partial charge in [-0.05, 0) is 24.3 Å². The maximum absolute atomic E-state index is 13.1. The fraction of sp³-hybridized carbons (Fsp3) is 0.522. The minimum absolute atomic E-state index is 0.0629. The quantitative estimate of drug-likeness (QED) is 0.289. The van der Waals surface area contributed by atoms with Gasteiger partial charge in [0.1, 0.15) is 18.1 Å². The van der Waals surface area contributed by atoms with E-state index in [-0.39, 0.29) is 25.3 Å². The van der Waals surface area contributed by atoms with Gasteiger partial charge < -0.3 is 31.5 Å². The van der Waals surface area contributed by atoms with Crippen LogP contribution in [0, 0.1) is 5.92 Å². The van der Waals surface area contributed by atoms with Crippen LogP contribution in [0.4, 0.5) is 0 Å². The second-order valence-electron chi connectivity index (χ2n) is 8.71. The summed E-state index contributed by atoms with van der Waals surface area (Å²) in [6, 6.07) is 4.29. The molecule has 0 saturated carbocycles. The largest absolute Gasteiger partial charge is 0.481 e. The van der Waals surface area contributed by atoms with Crippen LogP contribution >= 0.6 is 0 Å². The summed E-state index contributed by atoms with van der Waals surface area (Å²) in [5.41, 5.74) is 6.53. The first-order valence-electron chi connectivity index (χ1n) is 11.2. The van der Waals surface area contributed by atoms with Gasteiger partial charge in [0, 0.05) is 13.0 Å². The molecule has 1 aliphatic heterocycles. The van der Waals surface area contributed by atoms with E-state index >= 15 is 0 Å². The van der Waals surface area contributed by atoms with Crippen molar-refractivity contribution in [3.8, 4) is 0 Å². The summed E-state index contributed by atoms with van der Waals surface area (Å²) in [7, 11) is 0. The number of carboxylic acids is 2. The monoisotopic (exact) mass is 476 g/mol. The van der Waals surface area contributed by atoms with E-state index in [0.29, 0.717) is 6.42 Å². The Morgan fingerprint density at radius 2 is 1.71 bits per heavy atom. The van der Waals surface area contributed by atoms with Crippen molar-refractivity contribution in [1.82, 2.24) is 15.5 Å². The highest BCUT2D eigenvalue weighted by Gasteiger charge is 2.39. The summed E-state index contributed by atoms with van der Waals surface area (Å²) in [5.74, 6) is -4.78. The molecular weight excluding hydrogens is 444 g/mol. The summed E-state index contributed by atoms with van der Waals surface area (Å²) >= 11 is 0. The number of likely N-dealkylation sites (tertiary alicyclic amines) is 1. The molecule has 0 spiro atoms. The lowest BCUT2D eigenvalue weighted by Crippen LogP contribution is -2.57. The van der Waals surface area contributed by atoms with Gasteiger partial charge in [0.2, 0.25) is 17.7 Å². The molecule has 0 aliphatic carbocycles. The molecule has 11 nitrogen and oxygen atoms in total. The Bertz CT molecular complexity index is 906. The summed E-state index contributed by atoms with van der Waals surface area (Å²) in [6.45, 7) is 3.61.